The van der Waals surface area contributed by atoms with E-state index in [1.807, 2.05) is 0 Å². The number of benzene rings is 1. The van der Waals surface area contributed by atoms with Gasteiger partial charge in [0.05, 0.1) is 5.54 Å². The molecule has 3 atom stereocenters. The number of hydrogen-bond acceptors (Lipinski definition) is 5. The minimum Gasteiger partial charge on any atom is -0.399 e. The summed E-state index contributed by atoms with van der Waals surface area (Å²) in [5.41, 5.74) is 15.7. The Hall–Kier alpha value is -1.83. The van der Waals surface area contributed by atoms with E-state index in [2.05, 4.69) is 4.99 Å². The van der Waals surface area contributed by atoms with Crippen molar-refractivity contribution in [1.29, 1.82) is 0 Å². The summed E-state index contributed by atoms with van der Waals surface area (Å²) in [6.07, 6.45) is 0.420. The predicted octanol–water partition coefficient (Wildman–Crippen LogP) is 1.07. The fourth-order valence-corrected chi connectivity index (χ4v) is 4.41. The van der Waals surface area contributed by atoms with Gasteiger partial charge in [-0.2, -0.15) is 0 Å². The molecule has 1 aromatic carbocycles. The number of thioether (sulfide) groups is 1. The van der Waals surface area contributed by atoms with Gasteiger partial charge in [-0.25, -0.2) is 8.78 Å². The van der Waals surface area contributed by atoms with E-state index in [9.17, 15) is 13.6 Å². The van der Waals surface area contributed by atoms with Crippen LogP contribution in [0.2, 0.25) is 0 Å². The molecule has 1 saturated carbocycles. The molecule has 1 aliphatic carbocycles. The Labute approximate surface area is 124 Å². The molecule has 1 heterocycles. The third-order valence-corrected chi connectivity index (χ3v) is 5.55. The van der Waals surface area contributed by atoms with E-state index in [4.69, 9.17) is 17.2 Å². The van der Waals surface area contributed by atoms with Gasteiger partial charge in [-0.3, -0.25) is 9.79 Å². The van der Waals surface area contributed by atoms with Crippen molar-refractivity contribution in [1.82, 2.24) is 0 Å². The minimum absolute atomic E-state index is 0.00336. The number of hydrogen-bond donors (Lipinski definition) is 3. The maximum absolute atomic E-state index is 14.2. The average Bonchev–Trinajstić information content (AvgIpc) is 3.10. The zero-order chi connectivity index (χ0) is 15.6. The van der Waals surface area contributed by atoms with Crippen molar-refractivity contribution in [3.63, 3.8) is 0 Å². The fourth-order valence-electron chi connectivity index (χ4n) is 3.07. The van der Waals surface area contributed by atoms with E-state index in [0.29, 0.717) is 6.42 Å². The first kappa shape index (κ1) is 14.1. The Kier molecular flexibility index (Phi) is 2.75. The number of carbonyl (C=O) groups excluding carboxylic acids is 1. The quantitative estimate of drug-likeness (QED) is 0.710. The van der Waals surface area contributed by atoms with Gasteiger partial charge in [-0.15, -0.1) is 0 Å². The summed E-state index contributed by atoms with van der Waals surface area (Å²) in [7, 11) is 0. The van der Waals surface area contributed by atoms with Crippen molar-refractivity contribution in [2.45, 2.75) is 23.6 Å². The molecule has 0 radical (unpaired) electrons. The number of rotatable bonds is 2. The largest absolute Gasteiger partial charge is 0.399 e. The van der Waals surface area contributed by atoms with Gasteiger partial charge >= 0.3 is 0 Å². The van der Waals surface area contributed by atoms with Crippen LogP contribution in [0.4, 0.5) is 14.5 Å². The maximum atomic E-state index is 14.2. The van der Waals surface area contributed by atoms with Crippen LogP contribution in [0.3, 0.4) is 0 Å². The first-order chi connectivity index (χ1) is 9.70. The molecule has 0 spiro atoms. The molecule has 0 saturated heterocycles. The molecule has 1 unspecified atom stereocenters. The number of aliphatic imine (C=N–C) groups is 1. The third kappa shape index (κ3) is 1.81. The Morgan fingerprint density at radius 2 is 2.10 bits per heavy atom. The molecule has 1 amide bonds. The van der Waals surface area contributed by atoms with Crippen LogP contribution in [-0.2, 0) is 10.3 Å². The number of primary amides is 1. The van der Waals surface area contributed by atoms with Crippen LogP contribution >= 0.6 is 11.8 Å². The number of nitrogen functional groups attached to an aromatic ring is 1. The summed E-state index contributed by atoms with van der Waals surface area (Å²) in [6, 6.07) is 2.23. The molecule has 3 rings (SSSR count). The highest BCUT2D eigenvalue weighted by Gasteiger charge is 2.70. The maximum Gasteiger partial charge on any atom is 0.234 e. The summed E-state index contributed by atoms with van der Waals surface area (Å²) >= 11 is 1.09. The molecule has 1 fully saturated rings. The van der Waals surface area contributed by atoms with Gasteiger partial charge in [-0.05, 0) is 25.5 Å². The van der Waals surface area contributed by atoms with Crippen LogP contribution in [0.15, 0.2) is 17.1 Å². The zero-order valence-corrected chi connectivity index (χ0v) is 12.0. The lowest BCUT2D eigenvalue weighted by molar-refractivity contribution is -0.118. The Bertz CT molecular complexity index is 695. The summed E-state index contributed by atoms with van der Waals surface area (Å²) < 4.78 is 26.9. The lowest BCUT2D eigenvalue weighted by Gasteiger charge is -2.33. The molecule has 6 N–H and O–H groups in total. The lowest BCUT2D eigenvalue weighted by Crippen LogP contribution is -2.42. The van der Waals surface area contributed by atoms with Crippen LogP contribution in [-0.4, -0.2) is 15.8 Å². The van der Waals surface area contributed by atoms with Crippen LogP contribution in [0, 0.1) is 17.6 Å². The Morgan fingerprint density at radius 3 is 2.71 bits per heavy atom. The molecule has 0 aromatic heterocycles. The van der Waals surface area contributed by atoms with Gasteiger partial charge in [0.25, 0.3) is 0 Å². The topological polar surface area (TPSA) is 107 Å². The second-order valence-corrected chi connectivity index (χ2v) is 6.93. The molecule has 0 bridgehead atoms. The standard InChI is InChI=1S/C13H14F2N4OS/c1-12(6-2-5(16)3-7(14)9(6)15)8-4-13(8,10(17)20)21-11(18)19-12/h2-3,8H,4,16H2,1H3,(H2,17,20)(H2,18,19)/t8?,12-,13+/m1/s1. The van der Waals surface area contributed by atoms with E-state index in [-0.39, 0.29) is 22.3 Å². The first-order valence-corrected chi connectivity index (χ1v) is 7.11. The zero-order valence-electron chi connectivity index (χ0n) is 11.2. The van der Waals surface area contributed by atoms with Gasteiger partial charge in [-0.1, -0.05) is 11.8 Å². The molecule has 112 valence electrons. The number of fused-ring (bicyclic) bond motifs is 1. The second kappa shape index (κ2) is 4.09. The number of nitrogens with zero attached hydrogens (tertiary/aromatic N) is 1. The third-order valence-electron chi connectivity index (χ3n) is 4.23. The second-order valence-electron chi connectivity index (χ2n) is 5.57. The molecule has 1 aromatic rings. The van der Waals surface area contributed by atoms with Crippen LogP contribution in [0.5, 0.6) is 0 Å². The number of amidine groups is 1. The normalized spacial score (nSPS) is 34.0. The number of halogens is 2. The van der Waals surface area contributed by atoms with Gasteiger partial charge in [0.15, 0.2) is 16.8 Å². The highest BCUT2D eigenvalue weighted by Crippen LogP contribution is 2.65. The Balaban J connectivity index is 2.18. The predicted molar refractivity (Wildman–Crippen MR) is 77.4 cm³/mol. The lowest BCUT2D eigenvalue weighted by atomic mass is 9.85. The molecule has 8 heteroatoms. The van der Waals surface area contributed by atoms with E-state index in [1.165, 1.54) is 6.07 Å². The monoisotopic (exact) mass is 312 g/mol. The highest BCUT2D eigenvalue weighted by molar-refractivity contribution is 8.15. The van der Waals surface area contributed by atoms with Crippen LogP contribution < -0.4 is 17.2 Å². The molecular formula is C13H14F2N4OS. The van der Waals surface area contributed by atoms with Gasteiger partial charge in [0, 0.05) is 17.2 Å². The van der Waals surface area contributed by atoms with Crippen LogP contribution in [0.25, 0.3) is 0 Å². The molecule has 5 nitrogen and oxygen atoms in total. The van der Waals surface area contributed by atoms with Crippen molar-refractivity contribution in [3.8, 4) is 0 Å². The summed E-state index contributed by atoms with van der Waals surface area (Å²) in [5.74, 6) is -2.94. The summed E-state index contributed by atoms with van der Waals surface area (Å²) in [6.45, 7) is 1.62. The van der Waals surface area contributed by atoms with Gasteiger partial charge in [0.1, 0.15) is 4.75 Å². The smallest absolute Gasteiger partial charge is 0.234 e. The van der Waals surface area contributed by atoms with Crippen molar-refractivity contribution in [2.24, 2.45) is 22.4 Å². The van der Waals surface area contributed by atoms with E-state index >= 15 is 0 Å². The molecule has 1 aliphatic heterocycles. The minimum atomic E-state index is -1.16. The van der Waals surface area contributed by atoms with E-state index in [0.717, 1.165) is 17.8 Å². The Morgan fingerprint density at radius 1 is 1.43 bits per heavy atom. The molecule has 2 aliphatic rings. The van der Waals surface area contributed by atoms with Gasteiger partial charge in [0.2, 0.25) is 5.91 Å². The number of anilines is 1. The van der Waals surface area contributed by atoms with Crippen molar-refractivity contribution in [3.05, 3.63) is 29.3 Å². The average molecular weight is 312 g/mol. The number of amides is 1. The number of nitrogens with two attached hydrogens (primary N) is 3. The SMILES string of the molecule is C[C@]1(c2cc(N)cc(F)c2F)N=C(N)S[C@@]2(C(N)=O)CC21. The van der Waals surface area contributed by atoms with Crippen molar-refractivity contribution < 1.29 is 13.6 Å². The molecular weight excluding hydrogens is 298 g/mol. The van der Waals surface area contributed by atoms with Crippen molar-refractivity contribution >= 4 is 28.5 Å². The molecule has 21 heavy (non-hydrogen) atoms. The summed E-state index contributed by atoms with van der Waals surface area (Å²) in [5, 5.41) is 0.132. The van der Waals surface area contributed by atoms with Gasteiger partial charge < -0.3 is 17.2 Å². The highest BCUT2D eigenvalue weighted by atomic mass is 32.2. The van der Waals surface area contributed by atoms with E-state index in [1.54, 1.807) is 6.92 Å². The van der Waals surface area contributed by atoms with Crippen LogP contribution in [0.1, 0.15) is 18.9 Å². The fraction of sp³-hybridized carbons (Fsp3) is 0.385. The summed E-state index contributed by atoms with van der Waals surface area (Å²) in [4.78, 5) is 16.0. The van der Waals surface area contributed by atoms with E-state index < -0.39 is 27.8 Å². The first-order valence-electron chi connectivity index (χ1n) is 6.30. The van der Waals surface area contributed by atoms with Crippen molar-refractivity contribution in [2.75, 3.05) is 5.73 Å². The number of carbonyl (C=O) groups is 1.